The van der Waals surface area contributed by atoms with Crippen LogP contribution in [0.3, 0.4) is 0 Å². The van der Waals surface area contributed by atoms with Crippen LogP contribution in [0.2, 0.25) is 0 Å². The fraction of sp³-hybridized carbons (Fsp3) is 0.200. The Morgan fingerprint density at radius 3 is 2.74 bits per heavy atom. The first-order valence-corrected chi connectivity index (χ1v) is 11.7. The number of thiazole rings is 1. The lowest BCUT2D eigenvalue weighted by Crippen LogP contribution is -2.15. The van der Waals surface area contributed by atoms with Gasteiger partial charge in [-0.15, -0.1) is 11.3 Å². The highest BCUT2D eigenvalue weighted by Gasteiger charge is 2.18. The minimum absolute atomic E-state index is 0.0622. The van der Waals surface area contributed by atoms with Crippen LogP contribution >= 0.6 is 11.3 Å². The molecule has 2 aromatic heterocycles. The summed E-state index contributed by atoms with van der Waals surface area (Å²) in [7, 11) is 0. The first kappa shape index (κ1) is 21.8. The predicted octanol–water partition coefficient (Wildman–Crippen LogP) is 4.49. The third-order valence-electron chi connectivity index (χ3n) is 5.20. The van der Waals surface area contributed by atoms with Gasteiger partial charge in [0.2, 0.25) is 0 Å². The van der Waals surface area contributed by atoms with Gasteiger partial charge in [-0.2, -0.15) is 0 Å². The van der Waals surface area contributed by atoms with Gasteiger partial charge < -0.3 is 14.2 Å². The van der Waals surface area contributed by atoms with E-state index < -0.39 is 0 Å². The highest BCUT2D eigenvalue weighted by Crippen LogP contribution is 2.35. The molecule has 2 aromatic carbocycles. The first-order valence-electron chi connectivity index (χ1n) is 10.8. The number of pyridine rings is 1. The molecule has 0 spiro atoms. The van der Waals surface area contributed by atoms with Crippen molar-refractivity contribution in [2.75, 3.05) is 25.1 Å². The summed E-state index contributed by atoms with van der Waals surface area (Å²) in [5.74, 6) is 0.682. The maximum atomic E-state index is 13.3. The molecular formula is C25H21N3O5S. The Balaban J connectivity index is 1.45. The molecule has 34 heavy (non-hydrogen) atoms. The average molecular weight is 476 g/mol. The largest absolute Gasteiger partial charge is 0.486 e. The predicted molar refractivity (Wildman–Crippen MR) is 129 cm³/mol. The van der Waals surface area contributed by atoms with Crippen LogP contribution in [0.15, 0.2) is 53.9 Å². The Morgan fingerprint density at radius 2 is 1.88 bits per heavy atom. The van der Waals surface area contributed by atoms with E-state index in [1.807, 2.05) is 42.5 Å². The second-order valence-electron chi connectivity index (χ2n) is 7.51. The Morgan fingerprint density at radius 1 is 1.06 bits per heavy atom. The number of amides is 1. The van der Waals surface area contributed by atoms with Crippen molar-refractivity contribution in [3.63, 3.8) is 0 Å². The number of nitrogens with zero attached hydrogens (tertiary/aromatic N) is 2. The summed E-state index contributed by atoms with van der Waals surface area (Å²) >= 11 is 1.26. The fourth-order valence-electron chi connectivity index (χ4n) is 3.68. The molecule has 1 aliphatic heterocycles. The number of fused-ring (bicyclic) bond motifs is 2. The fourth-order valence-corrected chi connectivity index (χ4v) is 4.39. The summed E-state index contributed by atoms with van der Waals surface area (Å²) in [4.78, 5) is 34.1. The van der Waals surface area contributed by atoms with Crippen molar-refractivity contribution in [2.24, 2.45) is 0 Å². The second kappa shape index (κ2) is 9.48. The van der Waals surface area contributed by atoms with Gasteiger partial charge in [0.15, 0.2) is 16.6 Å². The van der Waals surface area contributed by atoms with Crippen molar-refractivity contribution >= 4 is 39.2 Å². The van der Waals surface area contributed by atoms with Crippen LogP contribution in [-0.2, 0) is 16.0 Å². The number of nitrogens with one attached hydrogen (secondary N) is 1. The molecule has 9 heteroatoms. The van der Waals surface area contributed by atoms with Crippen LogP contribution < -0.4 is 14.8 Å². The number of aromatic nitrogens is 2. The Labute approximate surface area is 199 Å². The summed E-state index contributed by atoms with van der Waals surface area (Å²) in [6.07, 6.45) is 0.0622. The molecule has 172 valence electrons. The van der Waals surface area contributed by atoms with Crippen molar-refractivity contribution in [2.45, 2.75) is 13.3 Å². The van der Waals surface area contributed by atoms with E-state index in [-0.39, 0.29) is 18.3 Å². The standard InChI is InChI=1S/C25H21N3O5S/c1-2-31-23(29)12-16-14-34-25(26-16)28-24(30)18-13-20(27-19-6-4-3-5-17(18)19)15-7-8-21-22(11-15)33-10-9-32-21/h3-8,11,13-14H,2,9-10,12H2,1H3,(H,26,28,30). The normalized spacial score (nSPS) is 12.4. The van der Waals surface area contributed by atoms with E-state index >= 15 is 0 Å². The third kappa shape index (κ3) is 4.55. The van der Waals surface area contributed by atoms with Crippen LogP contribution in [0, 0.1) is 0 Å². The Hall–Kier alpha value is -3.98. The van der Waals surface area contributed by atoms with Gasteiger partial charge in [0, 0.05) is 16.3 Å². The zero-order valence-electron chi connectivity index (χ0n) is 18.4. The molecule has 0 atom stereocenters. The van der Waals surface area contributed by atoms with Crippen LogP contribution in [0.4, 0.5) is 5.13 Å². The van der Waals surface area contributed by atoms with Crippen molar-refractivity contribution in [3.05, 3.63) is 65.2 Å². The molecule has 0 aliphatic carbocycles. The van der Waals surface area contributed by atoms with Crippen molar-refractivity contribution in [3.8, 4) is 22.8 Å². The third-order valence-corrected chi connectivity index (χ3v) is 6.01. The number of para-hydroxylation sites is 1. The smallest absolute Gasteiger partial charge is 0.311 e. The number of carbonyl (C=O) groups is 2. The highest BCUT2D eigenvalue weighted by molar-refractivity contribution is 7.14. The zero-order valence-corrected chi connectivity index (χ0v) is 19.2. The monoisotopic (exact) mass is 475 g/mol. The van der Waals surface area contributed by atoms with E-state index in [2.05, 4.69) is 10.3 Å². The number of esters is 1. The average Bonchev–Trinajstić information content (AvgIpc) is 3.29. The molecule has 1 N–H and O–H groups in total. The van der Waals surface area contributed by atoms with Crippen LogP contribution in [0.5, 0.6) is 11.5 Å². The van der Waals surface area contributed by atoms with Gasteiger partial charge in [-0.25, -0.2) is 9.97 Å². The van der Waals surface area contributed by atoms with E-state index in [1.54, 1.807) is 18.4 Å². The molecule has 0 unspecified atom stereocenters. The topological polar surface area (TPSA) is 99.6 Å². The van der Waals surface area contributed by atoms with Crippen LogP contribution in [0.25, 0.3) is 22.2 Å². The van der Waals surface area contributed by atoms with Gasteiger partial charge in [0.1, 0.15) is 13.2 Å². The number of hydrogen-bond acceptors (Lipinski definition) is 8. The zero-order chi connectivity index (χ0) is 23.5. The molecule has 0 fully saturated rings. The molecule has 8 nitrogen and oxygen atoms in total. The molecule has 5 rings (SSSR count). The van der Waals surface area contributed by atoms with Crippen molar-refractivity contribution in [1.82, 2.24) is 9.97 Å². The minimum atomic E-state index is -0.352. The van der Waals surface area contributed by atoms with E-state index in [1.165, 1.54) is 11.3 Å². The number of benzene rings is 2. The lowest BCUT2D eigenvalue weighted by Gasteiger charge is -2.19. The van der Waals surface area contributed by atoms with Crippen molar-refractivity contribution in [1.29, 1.82) is 0 Å². The van der Waals surface area contributed by atoms with Gasteiger partial charge >= 0.3 is 5.97 Å². The van der Waals surface area contributed by atoms with Crippen LogP contribution in [0.1, 0.15) is 23.0 Å². The van der Waals surface area contributed by atoms with Gasteiger partial charge in [0.05, 0.1) is 35.5 Å². The summed E-state index contributed by atoms with van der Waals surface area (Å²) < 4.78 is 16.3. The van der Waals surface area contributed by atoms with Gasteiger partial charge in [-0.1, -0.05) is 18.2 Å². The molecule has 1 amide bonds. The molecule has 0 saturated heterocycles. The summed E-state index contributed by atoms with van der Waals surface area (Å²) in [5, 5.41) is 5.72. The number of rotatable bonds is 6. The molecule has 1 aliphatic rings. The van der Waals surface area contributed by atoms with E-state index in [0.717, 1.165) is 10.9 Å². The molecule has 0 radical (unpaired) electrons. The molecular weight excluding hydrogens is 454 g/mol. The highest BCUT2D eigenvalue weighted by atomic mass is 32.1. The SMILES string of the molecule is CCOC(=O)Cc1csc(NC(=O)c2cc(-c3ccc4c(c3)OCCO4)nc3ccccc23)n1. The lowest BCUT2D eigenvalue weighted by molar-refractivity contribution is -0.142. The van der Waals surface area contributed by atoms with Gasteiger partial charge in [0.25, 0.3) is 5.91 Å². The molecule has 4 aromatic rings. The lowest BCUT2D eigenvalue weighted by atomic mass is 10.0. The van der Waals surface area contributed by atoms with E-state index in [0.29, 0.717) is 58.9 Å². The van der Waals surface area contributed by atoms with Gasteiger partial charge in [-0.05, 0) is 37.3 Å². The quantitative estimate of drug-likeness (QED) is 0.410. The second-order valence-corrected chi connectivity index (χ2v) is 8.37. The number of anilines is 1. The Kier molecular flexibility index (Phi) is 6.09. The number of hydrogen-bond donors (Lipinski definition) is 1. The summed E-state index contributed by atoms with van der Waals surface area (Å²) in [6, 6.07) is 14.9. The van der Waals surface area contributed by atoms with Gasteiger partial charge in [-0.3, -0.25) is 14.9 Å². The molecule has 0 saturated carbocycles. The number of ether oxygens (including phenoxy) is 3. The van der Waals surface area contributed by atoms with E-state index in [4.69, 9.17) is 19.2 Å². The van der Waals surface area contributed by atoms with E-state index in [9.17, 15) is 9.59 Å². The molecule has 0 bridgehead atoms. The summed E-state index contributed by atoms with van der Waals surface area (Å²) in [6.45, 7) is 3.07. The maximum absolute atomic E-state index is 13.3. The van der Waals surface area contributed by atoms with Crippen molar-refractivity contribution < 1.29 is 23.8 Å². The minimum Gasteiger partial charge on any atom is -0.486 e. The number of carbonyl (C=O) groups excluding carboxylic acids is 2. The Bertz CT molecular complexity index is 1380. The van der Waals surface area contributed by atoms with Crippen LogP contribution in [-0.4, -0.2) is 41.7 Å². The molecule has 3 heterocycles. The maximum Gasteiger partial charge on any atom is 0.311 e. The first-order chi connectivity index (χ1) is 16.6. The summed E-state index contributed by atoms with van der Waals surface area (Å²) in [5.41, 5.74) is 3.17.